The smallest absolute Gasteiger partial charge is 0.315 e. The lowest BCUT2D eigenvalue weighted by Crippen LogP contribution is -2.44. The summed E-state index contributed by atoms with van der Waals surface area (Å²) in [7, 11) is 0. The summed E-state index contributed by atoms with van der Waals surface area (Å²) in [5.41, 5.74) is 3.27. The van der Waals surface area contributed by atoms with Crippen molar-refractivity contribution in [3.63, 3.8) is 0 Å². The van der Waals surface area contributed by atoms with Crippen molar-refractivity contribution in [2.75, 3.05) is 50.8 Å². The average molecular weight is 374 g/mol. The maximum atomic E-state index is 12.3. The van der Waals surface area contributed by atoms with E-state index >= 15 is 0 Å². The van der Waals surface area contributed by atoms with Crippen LogP contribution >= 0.6 is 0 Å². The summed E-state index contributed by atoms with van der Waals surface area (Å²) in [5.74, 6) is 0.0517. The van der Waals surface area contributed by atoms with Crippen molar-refractivity contribution in [3.8, 4) is 0 Å². The lowest BCUT2D eigenvalue weighted by molar-refractivity contribution is -0.117. The molecule has 0 aromatic heterocycles. The summed E-state index contributed by atoms with van der Waals surface area (Å²) in [5, 5.41) is 5.82. The SMILES string of the molecule is Cc1ccc(N2C[C@H](NC(=O)NCCCN3CCOCC3)CC2=O)cc1C. The Labute approximate surface area is 161 Å². The molecule has 0 bridgehead atoms. The van der Waals surface area contributed by atoms with Crippen LogP contribution in [0.1, 0.15) is 24.0 Å². The molecular weight excluding hydrogens is 344 g/mol. The van der Waals surface area contributed by atoms with Gasteiger partial charge in [-0.1, -0.05) is 6.07 Å². The molecule has 0 spiro atoms. The number of carbonyl (C=O) groups excluding carboxylic acids is 2. The maximum Gasteiger partial charge on any atom is 0.315 e. The Kier molecular flexibility index (Phi) is 6.68. The number of morpholine rings is 1. The summed E-state index contributed by atoms with van der Waals surface area (Å²) in [4.78, 5) is 28.6. The van der Waals surface area contributed by atoms with E-state index in [0.717, 1.165) is 50.5 Å². The monoisotopic (exact) mass is 374 g/mol. The molecule has 2 saturated heterocycles. The number of benzene rings is 1. The van der Waals surface area contributed by atoms with Gasteiger partial charge >= 0.3 is 6.03 Å². The fourth-order valence-corrected chi connectivity index (χ4v) is 3.51. The van der Waals surface area contributed by atoms with Crippen LogP contribution in [0.15, 0.2) is 18.2 Å². The molecule has 2 aliphatic heterocycles. The molecule has 7 nitrogen and oxygen atoms in total. The summed E-state index contributed by atoms with van der Waals surface area (Å²) in [6.45, 7) is 9.72. The summed E-state index contributed by atoms with van der Waals surface area (Å²) in [6, 6.07) is 5.67. The van der Waals surface area contributed by atoms with Crippen LogP contribution in [0.3, 0.4) is 0 Å². The highest BCUT2D eigenvalue weighted by molar-refractivity contribution is 5.96. The number of rotatable bonds is 6. The van der Waals surface area contributed by atoms with Gasteiger partial charge in [0.25, 0.3) is 0 Å². The standard InChI is InChI=1S/C20H30N4O3/c1-15-4-5-18(12-16(15)2)24-14-17(13-19(24)25)22-20(26)21-6-3-7-23-8-10-27-11-9-23/h4-5,12,17H,3,6-11,13-14H2,1-2H3,(H2,21,22,26)/t17-/m1/s1. The van der Waals surface area contributed by atoms with Crippen LogP contribution in [0.4, 0.5) is 10.5 Å². The molecule has 0 radical (unpaired) electrons. The van der Waals surface area contributed by atoms with Gasteiger partial charge in [0.05, 0.1) is 19.3 Å². The highest BCUT2D eigenvalue weighted by Crippen LogP contribution is 2.24. The molecule has 0 unspecified atom stereocenters. The van der Waals surface area contributed by atoms with Crippen LogP contribution in [0, 0.1) is 13.8 Å². The highest BCUT2D eigenvalue weighted by Gasteiger charge is 2.31. The number of hydrogen-bond donors (Lipinski definition) is 2. The molecule has 1 aromatic carbocycles. The van der Waals surface area contributed by atoms with E-state index in [0.29, 0.717) is 19.5 Å². The highest BCUT2D eigenvalue weighted by atomic mass is 16.5. The number of nitrogens with one attached hydrogen (secondary N) is 2. The number of aryl methyl sites for hydroxylation is 2. The number of anilines is 1. The molecule has 1 aromatic rings. The van der Waals surface area contributed by atoms with Gasteiger partial charge in [-0.3, -0.25) is 9.69 Å². The van der Waals surface area contributed by atoms with Crippen LogP contribution in [-0.2, 0) is 9.53 Å². The molecule has 7 heteroatoms. The second-order valence-corrected chi connectivity index (χ2v) is 7.38. The van der Waals surface area contributed by atoms with Crippen LogP contribution in [0.25, 0.3) is 0 Å². The molecule has 0 saturated carbocycles. The van der Waals surface area contributed by atoms with Gasteiger partial charge in [0, 0.05) is 38.3 Å². The first-order valence-corrected chi connectivity index (χ1v) is 9.75. The van der Waals surface area contributed by atoms with E-state index in [1.54, 1.807) is 4.90 Å². The summed E-state index contributed by atoms with van der Waals surface area (Å²) in [6.07, 6.45) is 1.25. The summed E-state index contributed by atoms with van der Waals surface area (Å²) >= 11 is 0. The number of amides is 3. The Balaban J connectivity index is 1.39. The summed E-state index contributed by atoms with van der Waals surface area (Å²) < 4.78 is 5.33. The van der Waals surface area contributed by atoms with Crippen molar-refractivity contribution < 1.29 is 14.3 Å². The van der Waals surface area contributed by atoms with E-state index in [-0.39, 0.29) is 18.0 Å². The van der Waals surface area contributed by atoms with Gasteiger partial charge in [0.1, 0.15) is 0 Å². The van der Waals surface area contributed by atoms with Crippen molar-refractivity contribution in [3.05, 3.63) is 29.3 Å². The Hall–Kier alpha value is -2.12. The molecule has 148 valence electrons. The number of hydrogen-bond acceptors (Lipinski definition) is 4. The van der Waals surface area contributed by atoms with Gasteiger partial charge in [-0.05, 0) is 50.1 Å². The van der Waals surface area contributed by atoms with E-state index in [1.165, 1.54) is 5.56 Å². The van der Waals surface area contributed by atoms with Crippen LogP contribution in [0.5, 0.6) is 0 Å². The van der Waals surface area contributed by atoms with Gasteiger partial charge in [-0.2, -0.15) is 0 Å². The average Bonchev–Trinajstić information content (AvgIpc) is 3.02. The van der Waals surface area contributed by atoms with Gasteiger partial charge in [-0.15, -0.1) is 0 Å². The van der Waals surface area contributed by atoms with Crippen LogP contribution in [-0.4, -0.2) is 68.8 Å². The molecule has 3 rings (SSSR count). The topological polar surface area (TPSA) is 73.9 Å². The normalized spacial score (nSPS) is 20.7. The van der Waals surface area contributed by atoms with E-state index in [1.807, 2.05) is 25.1 Å². The minimum atomic E-state index is -0.197. The van der Waals surface area contributed by atoms with Crippen molar-refractivity contribution in [2.24, 2.45) is 0 Å². The maximum absolute atomic E-state index is 12.3. The number of urea groups is 1. The first-order chi connectivity index (χ1) is 13.0. The third-order valence-corrected chi connectivity index (χ3v) is 5.30. The Bertz CT molecular complexity index is 673. The molecule has 3 amide bonds. The molecule has 27 heavy (non-hydrogen) atoms. The fraction of sp³-hybridized carbons (Fsp3) is 0.600. The van der Waals surface area contributed by atoms with E-state index in [9.17, 15) is 9.59 Å². The van der Waals surface area contributed by atoms with E-state index in [4.69, 9.17) is 4.74 Å². The first-order valence-electron chi connectivity index (χ1n) is 9.75. The predicted molar refractivity (Wildman–Crippen MR) is 105 cm³/mol. The Morgan fingerprint density at radius 2 is 2.00 bits per heavy atom. The van der Waals surface area contributed by atoms with Crippen LogP contribution < -0.4 is 15.5 Å². The van der Waals surface area contributed by atoms with E-state index in [2.05, 4.69) is 22.5 Å². The second kappa shape index (κ2) is 9.19. The van der Waals surface area contributed by atoms with Gasteiger partial charge in [-0.25, -0.2) is 4.79 Å². The number of ether oxygens (including phenoxy) is 1. The predicted octanol–water partition coefficient (Wildman–Crippen LogP) is 1.43. The zero-order chi connectivity index (χ0) is 19.2. The second-order valence-electron chi connectivity index (χ2n) is 7.38. The third kappa shape index (κ3) is 5.43. The molecular formula is C20H30N4O3. The Morgan fingerprint density at radius 3 is 2.74 bits per heavy atom. The lowest BCUT2D eigenvalue weighted by Gasteiger charge is -2.26. The van der Waals surface area contributed by atoms with Crippen molar-refractivity contribution in [2.45, 2.75) is 32.7 Å². The molecule has 2 fully saturated rings. The minimum Gasteiger partial charge on any atom is -0.379 e. The van der Waals surface area contributed by atoms with Crippen molar-refractivity contribution >= 4 is 17.6 Å². The van der Waals surface area contributed by atoms with Gasteiger partial charge in [0.2, 0.25) is 5.91 Å². The van der Waals surface area contributed by atoms with Gasteiger partial charge < -0.3 is 20.3 Å². The van der Waals surface area contributed by atoms with Crippen LogP contribution in [0.2, 0.25) is 0 Å². The van der Waals surface area contributed by atoms with Gasteiger partial charge in [0.15, 0.2) is 0 Å². The molecule has 2 heterocycles. The van der Waals surface area contributed by atoms with E-state index < -0.39 is 0 Å². The Morgan fingerprint density at radius 1 is 1.22 bits per heavy atom. The zero-order valence-corrected chi connectivity index (χ0v) is 16.3. The number of nitrogens with zero attached hydrogens (tertiary/aromatic N) is 2. The first kappa shape index (κ1) is 19.6. The lowest BCUT2D eigenvalue weighted by atomic mass is 10.1. The minimum absolute atomic E-state index is 0.0517. The fourth-order valence-electron chi connectivity index (χ4n) is 3.51. The van der Waals surface area contributed by atoms with Crippen molar-refractivity contribution in [1.82, 2.24) is 15.5 Å². The molecule has 2 aliphatic rings. The molecule has 1 atom stereocenters. The molecule has 0 aliphatic carbocycles. The number of carbonyl (C=O) groups is 2. The quantitative estimate of drug-likeness (QED) is 0.739. The zero-order valence-electron chi connectivity index (χ0n) is 16.3. The van der Waals surface area contributed by atoms with Crippen molar-refractivity contribution in [1.29, 1.82) is 0 Å². The third-order valence-electron chi connectivity index (χ3n) is 5.30. The largest absolute Gasteiger partial charge is 0.379 e. The molecule has 2 N–H and O–H groups in total.